The van der Waals surface area contributed by atoms with Gasteiger partial charge in [0.1, 0.15) is 5.75 Å². The van der Waals surface area contributed by atoms with Crippen LogP contribution in [0.4, 0.5) is 0 Å². The third-order valence-corrected chi connectivity index (χ3v) is 5.11. The molecule has 3 rings (SSSR count). The normalized spacial score (nSPS) is 14.7. The number of fused-ring (bicyclic) bond motifs is 1. The standard InChI is InChI=1S/C23H26N2O5/c1-15(26)25-10-9-16-7-5-6-8-18(16)19(25)12-23(27)24-14-17-11-21(29-3)22(30-4)13-20(17)28-2/h5-11,13,19H,12,14H2,1-4H3,(H,24,27)/t19-/m0/s1. The third-order valence-electron chi connectivity index (χ3n) is 5.11. The molecule has 0 aromatic heterocycles. The molecule has 0 aliphatic carbocycles. The Labute approximate surface area is 176 Å². The van der Waals surface area contributed by atoms with Crippen molar-refractivity contribution in [3.05, 3.63) is 59.3 Å². The van der Waals surface area contributed by atoms with Crippen LogP contribution in [0.2, 0.25) is 0 Å². The molecule has 0 saturated carbocycles. The summed E-state index contributed by atoms with van der Waals surface area (Å²) in [7, 11) is 4.66. The molecule has 2 aromatic rings. The molecule has 1 atom stereocenters. The predicted molar refractivity (Wildman–Crippen MR) is 113 cm³/mol. The van der Waals surface area contributed by atoms with Crippen molar-refractivity contribution < 1.29 is 23.8 Å². The van der Waals surface area contributed by atoms with Gasteiger partial charge >= 0.3 is 0 Å². The average molecular weight is 410 g/mol. The van der Waals surface area contributed by atoms with Gasteiger partial charge in [0.05, 0.1) is 33.8 Å². The van der Waals surface area contributed by atoms with Crippen LogP contribution < -0.4 is 19.5 Å². The molecule has 0 unspecified atom stereocenters. The van der Waals surface area contributed by atoms with Gasteiger partial charge in [-0.05, 0) is 23.3 Å². The smallest absolute Gasteiger partial charge is 0.223 e. The van der Waals surface area contributed by atoms with Crippen LogP contribution in [-0.2, 0) is 16.1 Å². The van der Waals surface area contributed by atoms with E-state index in [9.17, 15) is 9.59 Å². The Morgan fingerprint density at radius 1 is 1.00 bits per heavy atom. The molecule has 2 amide bonds. The van der Waals surface area contributed by atoms with E-state index in [1.54, 1.807) is 44.6 Å². The van der Waals surface area contributed by atoms with Crippen LogP contribution in [0.3, 0.4) is 0 Å². The van der Waals surface area contributed by atoms with Gasteiger partial charge in [-0.25, -0.2) is 0 Å². The molecule has 2 aromatic carbocycles. The summed E-state index contributed by atoms with van der Waals surface area (Å²) in [6, 6.07) is 10.9. The topological polar surface area (TPSA) is 77.1 Å². The summed E-state index contributed by atoms with van der Waals surface area (Å²) in [4.78, 5) is 26.5. The number of benzene rings is 2. The summed E-state index contributed by atoms with van der Waals surface area (Å²) in [6.07, 6.45) is 3.77. The molecular formula is C23H26N2O5. The minimum Gasteiger partial charge on any atom is -0.496 e. The highest BCUT2D eigenvalue weighted by molar-refractivity contribution is 5.81. The number of methoxy groups -OCH3 is 3. The monoisotopic (exact) mass is 410 g/mol. The maximum atomic E-state index is 12.8. The molecular weight excluding hydrogens is 384 g/mol. The fourth-order valence-corrected chi connectivity index (χ4v) is 3.59. The number of carbonyl (C=O) groups excluding carboxylic acids is 2. The fraction of sp³-hybridized carbons (Fsp3) is 0.304. The van der Waals surface area contributed by atoms with Gasteiger partial charge in [0.25, 0.3) is 0 Å². The molecule has 158 valence electrons. The first-order chi connectivity index (χ1) is 14.5. The Kier molecular flexibility index (Phi) is 6.61. The molecule has 0 saturated heterocycles. The second-order valence-corrected chi connectivity index (χ2v) is 6.89. The van der Waals surface area contributed by atoms with E-state index in [0.29, 0.717) is 17.2 Å². The first-order valence-electron chi connectivity index (χ1n) is 9.60. The van der Waals surface area contributed by atoms with E-state index in [0.717, 1.165) is 16.7 Å². The largest absolute Gasteiger partial charge is 0.496 e. The lowest BCUT2D eigenvalue weighted by Crippen LogP contribution is -2.35. The van der Waals surface area contributed by atoms with Gasteiger partial charge in [-0.15, -0.1) is 0 Å². The Morgan fingerprint density at radius 2 is 1.67 bits per heavy atom. The Morgan fingerprint density at radius 3 is 2.33 bits per heavy atom. The van der Waals surface area contributed by atoms with E-state index in [-0.39, 0.29) is 30.8 Å². The number of nitrogens with one attached hydrogen (secondary N) is 1. The highest BCUT2D eigenvalue weighted by atomic mass is 16.5. The van der Waals surface area contributed by atoms with E-state index in [1.807, 2.05) is 30.3 Å². The molecule has 0 spiro atoms. The van der Waals surface area contributed by atoms with E-state index in [1.165, 1.54) is 6.92 Å². The number of hydrogen-bond donors (Lipinski definition) is 1. The van der Waals surface area contributed by atoms with Crippen molar-refractivity contribution in [2.24, 2.45) is 0 Å². The van der Waals surface area contributed by atoms with Crippen LogP contribution in [0.5, 0.6) is 17.2 Å². The molecule has 1 aliphatic heterocycles. The summed E-state index contributed by atoms with van der Waals surface area (Å²) in [5, 5.41) is 2.92. The van der Waals surface area contributed by atoms with Crippen molar-refractivity contribution >= 4 is 17.9 Å². The molecule has 30 heavy (non-hydrogen) atoms. The number of rotatable bonds is 7. The van der Waals surface area contributed by atoms with Gasteiger partial charge in [-0.2, -0.15) is 0 Å². The lowest BCUT2D eigenvalue weighted by atomic mass is 9.93. The van der Waals surface area contributed by atoms with Crippen molar-refractivity contribution in [2.75, 3.05) is 21.3 Å². The van der Waals surface area contributed by atoms with Crippen LogP contribution in [0, 0.1) is 0 Å². The van der Waals surface area contributed by atoms with Crippen LogP contribution in [0.1, 0.15) is 36.1 Å². The second kappa shape index (κ2) is 9.35. The minimum absolute atomic E-state index is 0.111. The number of ether oxygens (including phenoxy) is 3. The van der Waals surface area contributed by atoms with Gasteiger partial charge in [0.15, 0.2) is 11.5 Å². The number of amides is 2. The zero-order valence-corrected chi connectivity index (χ0v) is 17.6. The summed E-state index contributed by atoms with van der Waals surface area (Å²) >= 11 is 0. The van der Waals surface area contributed by atoms with Gasteiger partial charge in [-0.3, -0.25) is 9.59 Å². The summed E-state index contributed by atoms with van der Waals surface area (Å²) in [5.74, 6) is 1.40. The van der Waals surface area contributed by atoms with Gasteiger partial charge in [0, 0.05) is 31.3 Å². The lowest BCUT2D eigenvalue weighted by molar-refractivity contribution is -0.130. The van der Waals surface area contributed by atoms with Crippen LogP contribution in [0.25, 0.3) is 6.08 Å². The van der Waals surface area contributed by atoms with Crippen LogP contribution in [-0.4, -0.2) is 38.0 Å². The molecule has 7 heteroatoms. The Hall–Kier alpha value is -3.48. The fourth-order valence-electron chi connectivity index (χ4n) is 3.59. The molecule has 7 nitrogen and oxygen atoms in total. The molecule has 1 heterocycles. The summed E-state index contributed by atoms with van der Waals surface area (Å²) < 4.78 is 16.0. The van der Waals surface area contributed by atoms with E-state index >= 15 is 0 Å². The van der Waals surface area contributed by atoms with Gasteiger partial charge < -0.3 is 24.4 Å². The van der Waals surface area contributed by atoms with Crippen LogP contribution in [0.15, 0.2) is 42.6 Å². The minimum atomic E-state index is -0.351. The first kappa shape index (κ1) is 21.2. The highest BCUT2D eigenvalue weighted by Gasteiger charge is 2.28. The Balaban J connectivity index is 1.75. The number of nitrogens with zero attached hydrogens (tertiary/aromatic N) is 1. The Bertz CT molecular complexity index is 970. The number of carbonyl (C=O) groups is 2. The third kappa shape index (κ3) is 4.40. The molecule has 1 aliphatic rings. The van der Waals surface area contributed by atoms with Crippen molar-refractivity contribution in [1.29, 1.82) is 0 Å². The van der Waals surface area contributed by atoms with Crippen molar-refractivity contribution in [2.45, 2.75) is 25.9 Å². The first-order valence-corrected chi connectivity index (χ1v) is 9.60. The van der Waals surface area contributed by atoms with E-state index in [4.69, 9.17) is 14.2 Å². The maximum Gasteiger partial charge on any atom is 0.223 e. The highest BCUT2D eigenvalue weighted by Crippen LogP contribution is 2.35. The van der Waals surface area contributed by atoms with Crippen molar-refractivity contribution in [3.63, 3.8) is 0 Å². The van der Waals surface area contributed by atoms with Crippen molar-refractivity contribution in [3.8, 4) is 17.2 Å². The molecule has 0 radical (unpaired) electrons. The van der Waals surface area contributed by atoms with Crippen LogP contribution >= 0.6 is 0 Å². The van der Waals surface area contributed by atoms with E-state index in [2.05, 4.69) is 5.32 Å². The average Bonchev–Trinajstić information content (AvgIpc) is 2.76. The quantitative estimate of drug-likeness (QED) is 0.758. The van der Waals surface area contributed by atoms with E-state index < -0.39 is 0 Å². The van der Waals surface area contributed by atoms with Gasteiger partial charge in [0.2, 0.25) is 11.8 Å². The zero-order valence-electron chi connectivity index (χ0n) is 17.6. The number of hydrogen-bond acceptors (Lipinski definition) is 5. The SMILES string of the molecule is COc1cc(OC)c(OC)cc1CNC(=O)C[C@H]1c2ccccc2C=CN1C(C)=O. The summed E-state index contributed by atoms with van der Waals surface area (Å²) in [5.41, 5.74) is 2.72. The van der Waals surface area contributed by atoms with Gasteiger partial charge in [-0.1, -0.05) is 24.3 Å². The summed E-state index contributed by atoms with van der Waals surface area (Å²) in [6.45, 7) is 1.75. The molecule has 0 bridgehead atoms. The zero-order chi connectivity index (χ0) is 21.7. The van der Waals surface area contributed by atoms with Crippen molar-refractivity contribution in [1.82, 2.24) is 10.2 Å². The molecule has 0 fully saturated rings. The lowest BCUT2D eigenvalue weighted by Gasteiger charge is -2.32. The second-order valence-electron chi connectivity index (χ2n) is 6.89. The molecule has 1 N–H and O–H groups in total. The predicted octanol–water partition coefficient (Wildman–Crippen LogP) is 3.29. The maximum absolute atomic E-state index is 12.8.